The summed E-state index contributed by atoms with van der Waals surface area (Å²) < 4.78 is 40.1. The Morgan fingerprint density at radius 2 is 1.88 bits per heavy atom. The monoisotopic (exact) mass is 339 g/mol. The number of carbonyl (C=O) groups is 2. The normalized spacial score (nSPS) is 20.5. The van der Waals surface area contributed by atoms with E-state index in [-0.39, 0.29) is 17.9 Å². The zero-order valence-corrected chi connectivity index (χ0v) is 12.7. The summed E-state index contributed by atoms with van der Waals surface area (Å²) in [6.45, 7) is 3.48. The fourth-order valence-corrected chi connectivity index (χ4v) is 2.90. The molecule has 128 valence electrons. The van der Waals surface area contributed by atoms with E-state index < -0.39 is 35.5 Å². The average Bonchev–Trinajstić information content (AvgIpc) is 2.94. The molecule has 1 aliphatic rings. The molecule has 1 aromatic carbocycles. The molecule has 0 radical (unpaired) electrons. The second kappa shape index (κ2) is 7.33. The van der Waals surface area contributed by atoms with Crippen molar-refractivity contribution in [1.29, 1.82) is 0 Å². The number of carboxylic acid groups (broad SMARTS) is 1. The van der Waals surface area contributed by atoms with Crippen molar-refractivity contribution in [3.8, 4) is 0 Å². The van der Waals surface area contributed by atoms with Crippen molar-refractivity contribution in [1.82, 2.24) is 4.90 Å². The van der Waals surface area contributed by atoms with Crippen LogP contribution in [0.1, 0.15) is 30.9 Å². The van der Waals surface area contributed by atoms with E-state index in [0.717, 1.165) is 18.2 Å². The number of carboxylic acids is 1. The lowest BCUT2D eigenvalue weighted by Crippen LogP contribution is -2.36. The summed E-state index contributed by atoms with van der Waals surface area (Å²) in [5.74, 6) is -5.73. The number of carbonyl (C=O) groups excluding carboxylic acids is 1. The van der Waals surface area contributed by atoms with E-state index in [1.165, 1.54) is 17.1 Å². The maximum absolute atomic E-state index is 13.5. The number of halogens is 3. The number of benzene rings is 1. The highest BCUT2D eigenvalue weighted by molar-refractivity contribution is 5.81. The number of hydrogen-bond acceptors (Lipinski definition) is 2. The van der Waals surface area contributed by atoms with Gasteiger partial charge in [0.25, 0.3) is 0 Å². The van der Waals surface area contributed by atoms with E-state index >= 15 is 0 Å². The average molecular weight is 339 g/mol. The molecule has 1 N–H and O–H groups in total. The number of aliphatic carboxylic acids is 1. The first-order chi connectivity index (χ1) is 11.3. The summed E-state index contributed by atoms with van der Waals surface area (Å²) >= 11 is 0. The summed E-state index contributed by atoms with van der Waals surface area (Å²) in [6.07, 6.45) is 4.48. The zero-order valence-electron chi connectivity index (χ0n) is 12.7. The van der Waals surface area contributed by atoms with Crippen LogP contribution in [0.15, 0.2) is 36.9 Å². The molecule has 1 fully saturated rings. The summed E-state index contributed by atoms with van der Waals surface area (Å²) in [7, 11) is 0. The van der Waals surface area contributed by atoms with Crippen LogP contribution in [0.4, 0.5) is 13.2 Å². The number of nitrogens with zero attached hydrogens (tertiary/aromatic N) is 1. The molecule has 0 aliphatic carbocycles. The van der Waals surface area contributed by atoms with Crippen LogP contribution in [-0.2, 0) is 9.59 Å². The molecule has 24 heavy (non-hydrogen) atoms. The lowest BCUT2D eigenvalue weighted by atomic mass is 10.0. The van der Waals surface area contributed by atoms with Gasteiger partial charge in [0.1, 0.15) is 0 Å². The molecule has 0 saturated carbocycles. The van der Waals surface area contributed by atoms with E-state index in [0.29, 0.717) is 12.8 Å². The van der Waals surface area contributed by atoms with Crippen LogP contribution in [0.25, 0.3) is 0 Å². The second-order valence-corrected chi connectivity index (χ2v) is 5.45. The van der Waals surface area contributed by atoms with Crippen molar-refractivity contribution >= 4 is 11.9 Å². The van der Waals surface area contributed by atoms with E-state index in [1.54, 1.807) is 0 Å². The number of hydrogen-bond donors (Lipinski definition) is 1. The molecule has 4 nitrogen and oxygen atoms in total. The molecule has 2 rings (SSSR count). The largest absolute Gasteiger partial charge is 0.478 e. The lowest BCUT2D eigenvalue weighted by molar-refractivity contribution is -0.133. The minimum Gasteiger partial charge on any atom is -0.478 e. The quantitative estimate of drug-likeness (QED) is 0.508. The Kier molecular flexibility index (Phi) is 5.43. The maximum atomic E-state index is 13.5. The summed E-state index contributed by atoms with van der Waals surface area (Å²) in [6, 6.07) is 0.543. The van der Waals surface area contributed by atoms with Crippen molar-refractivity contribution in [2.24, 2.45) is 0 Å². The van der Waals surface area contributed by atoms with Gasteiger partial charge in [0.15, 0.2) is 17.5 Å². The van der Waals surface area contributed by atoms with Gasteiger partial charge >= 0.3 is 5.97 Å². The Morgan fingerprint density at radius 3 is 2.42 bits per heavy atom. The van der Waals surface area contributed by atoms with Gasteiger partial charge in [-0.3, -0.25) is 4.79 Å². The smallest absolute Gasteiger partial charge is 0.328 e. The Bertz CT molecular complexity index is 679. The van der Waals surface area contributed by atoms with Crippen LogP contribution in [-0.4, -0.2) is 27.9 Å². The third-order valence-electron chi connectivity index (χ3n) is 3.89. The topological polar surface area (TPSA) is 57.6 Å². The van der Waals surface area contributed by atoms with Gasteiger partial charge in [0.2, 0.25) is 5.91 Å². The Labute approximate surface area is 136 Å². The third-order valence-corrected chi connectivity index (χ3v) is 3.89. The van der Waals surface area contributed by atoms with Crippen LogP contribution in [0.3, 0.4) is 0 Å². The number of likely N-dealkylation sites (tertiary alicyclic amines) is 1. The van der Waals surface area contributed by atoms with Crippen LogP contribution in [0.5, 0.6) is 0 Å². The van der Waals surface area contributed by atoms with Gasteiger partial charge in [-0.15, -0.1) is 6.58 Å². The van der Waals surface area contributed by atoms with Gasteiger partial charge in [0, 0.05) is 12.5 Å². The third kappa shape index (κ3) is 3.67. The van der Waals surface area contributed by atoms with E-state index in [1.807, 2.05) is 0 Å². The fourth-order valence-electron chi connectivity index (χ4n) is 2.90. The summed E-state index contributed by atoms with van der Waals surface area (Å²) in [4.78, 5) is 24.4. The van der Waals surface area contributed by atoms with Crippen molar-refractivity contribution < 1.29 is 27.9 Å². The van der Waals surface area contributed by atoms with Gasteiger partial charge in [-0.25, -0.2) is 18.0 Å². The predicted molar refractivity (Wildman–Crippen MR) is 80.5 cm³/mol. The molecule has 2 atom stereocenters. The van der Waals surface area contributed by atoms with Crippen LogP contribution < -0.4 is 0 Å². The first kappa shape index (κ1) is 17.8. The first-order valence-corrected chi connectivity index (χ1v) is 7.32. The van der Waals surface area contributed by atoms with Crippen molar-refractivity contribution in [2.45, 2.75) is 31.3 Å². The second-order valence-electron chi connectivity index (χ2n) is 5.45. The van der Waals surface area contributed by atoms with E-state index in [2.05, 4.69) is 6.58 Å². The maximum Gasteiger partial charge on any atom is 0.328 e. The molecule has 1 aromatic rings. The van der Waals surface area contributed by atoms with Crippen molar-refractivity contribution in [3.63, 3.8) is 0 Å². The highest BCUT2D eigenvalue weighted by Gasteiger charge is 2.36. The van der Waals surface area contributed by atoms with Crippen molar-refractivity contribution in [2.75, 3.05) is 0 Å². The highest BCUT2D eigenvalue weighted by Crippen LogP contribution is 2.38. The SMILES string of the molecule is C=CCC(=O)N1[C@@H](/C=C/C(=O)O)CC[C@H]1c1cc(F)c(F)c(F)c1. The van der Waals surface area contributed by atoms with Gasteiger partial charge in [0.05, 0.1) is 12.1 Å². The van der Waals surface area contributed by atoms with E-state index in [4.69, 9.17) is 5.11 Å². The molecule has 1 amide bonds. The molecule has 7 heteroatoms. The number of rotatable bonds is 5. The molecule has 0 spiro atoms. The van der Waals surface area contributed by atoms with Gasteiger partial charge in [-0.05, 0) is 30.5 Å². The molecule has 1 saturated heterocycles. The fraction of sp³-hybridized carbons (Fsp3) is 0.294. The molecule has 1 heterocycles. The highest BCUT2D eigenvalue weighted by atomic mass is 19.2. The van der Waals surface area contributed by atoms with Gasteiger partial charge in [-0.1, -0.05) is 12.2 Å². The predicted octanol–water partition coefficient (Wildman–Crippen LogP) is 3.35. The van der Waals surface area contributed by atoms with Crippen LogP contribution in [0.2, 0.25) is 0 Å². The Balaban J connectivity index is 2.39. The molecule has 0 unspecified atom stereocenters. The first-order valence-electron chi connectivity index (χ1n) is 7.32. The van der Waals surface area contributed by atoms with Gasteiger partial charge < -0.3 is 10.0 Å². The molecule has 0 aromatic heterocycles. The summed E-state index contributed by atoms with van der Waals surface area (Å²) in [5.41, 5.74) is 0.134. The molecular weight excluding hydrogens is 323 g/mol. The van der Waals surface area contributed by atoms with E-state index in [9.17, 15) is 22.8 Å². The van der Waals surface area contributed by atoms with Gasteiger partial charge in [-0.2, -0.15) is 0 Å². The zero-order chi connectivity index (χ0) is 17.9. The van der Waals surface area contributed by atoms with Crippen LogP contribution in [0, 0.1) is 17.5 Å². The summed E-state index contributed by atoms with van der Waals surface area (Å²) in [5, 5.41) is 8.74. The standard InChI is InChI=1S/C17H16F3NO3/c1-2-3-15(22)21-11(5-7-16(23)24)4-6-14(21)10-8-12(18)17(20)13(19)9-10/h2,5,7-9,11,14H,1,3-4,6H2,(H,23,24)/b7-5+/t11-,14+/m1/s1. The minimum atomic E-state index is -1.57. The Morgan fingerprint density at radius 1 is 1.25 bits per heavy atom. The molecule has 1 aliphatic heterocycles. The Hall–Kier alpha value is -2.57. The molecule has 0 bridgehead atoms. The lowest BCUT2D eigenvalue weighted by Gasteiger charge is -2.29. The van der Waals surface area contributed by atoms with Crippen molar-refractivity contribution in [3.05, 3.63) is 60.0 Å². The minimum absolute atomic E-state index is 0.0000698. The molecular formula is C17H16F3NO3. The van der Waals surface area contributed by atoms with Crippen LogP contribution >= 0.6 is 0 Å². The number of amides is 1.